The van der Waals surface area contributed by atoms with E-state index >= 15 is 0 Å². The van der Waals surface area contributed by atoms with E-state index < -0.39 is 0 Å². The molecule has 1 aliphatic heterocycles. The van der Waals surface area contributed by atoms with Crippen molar-refractivity contribution in [3.05, 3.63) is 16.1 Å². The zero-order chi connectivity index (χ0) is 13.3. The van der Waals surface area contributed by atoms with E-state index in [1.54, 1.807) is 11.3 Å². The fraction of sp³-hybridized carbons (Fsp3) is 0.800. The molecule has 1 spiro atoms. The van der Waals surface area contributed by atoms with Gasteiger partial charge in [-0.1, -0.05) is 12.8 Å². The molecule has 19 heavy (non-hydrogen) atoms. The van der Waals surface area contributed by atoms with Crippen molar-refractivity contribution in [2.24, 2.45) is 5.92 Å². The third kappa shape index (κ3) is 2.58. The van der Waals surface area contributed by atoms with Crippen molar-refractivity contribution in [3.8, 4) is 0 Å². The van der Waals surface area contributed by atoms with Crippen LogP contribution in [-0.2, 0) is 4.74 Å². The SMILES string of the molecule is CNC(c1scnc1C)C1CCOC2(CCCC2)C1. The summed E-state index contributed by atoms with van der Waals surface area (Å²) in [7, 11) is 2.08. The molecule has 0 amide bonds. The summed E-state index contributed by atoms with van der Waals surface area (Å²) in [6, 6.07) is 0.453. The Labute approximate surface area is 119 Å². The van der Waals surface area contributed by atoms with Gasteiger partial charge in [-0.05, 0) is 45.6 Å². The number of rotatable bonds is 3. The Kier molecular flexibility index (Phi) is 3.92. The minimum absolute atomic E-state index is 0.205. The molecule has 1 aromatic heterocycles. The first-order valence-electron chi connectivity index (χ1n) is 7.45. The highest BCUT2D eigenvalue weighted by Crippen LogP contribution is 2.45. The van der Waals surface area contributed by atoms with E-state index in [1.807, 2.05) is 5.51 Å². The van der Waals surface area contributed by atoms with Crippen LogP contribution in [0.15, 0.2) is 5.51 Å². The molecule has 2 heterocycles. The maximum Gasteiger partial charge on any atom is 0.0798 e. The fourth-order valence-electron chi connectivity index (χ4n) is 3.91. The molecule has 2 atom stereocenters. The molecule has 0 bridgehead atoms. The maximum absolute atomic E-state index is 6.16. The molecule has 1 aliphatic carbocycles. The van der Waals surface area contributed by atoms with Gasteiger partial charge in [0.2, 0.25) is 0 Å². The molecule has 1 N–H and O–H groups in total. The van der Waals surface area contributed by atoms with Gasteiger partial charge in [-0.25, -0.2) is 4.98 Å². The molecular formula is C15H24N2OS. The first-order valence-corrected chi connectivity index (χ1v) is 8.33. The zero-order valence-electron chi connectivity index (χ0n) is 11.9. The van der Waals surface area contributed by atoms with Crippen LogP contribution in [0.1, 0.15) is 55.1 Å². The lowest BCUT2D eigenvalue weighted by molar-refractivity contribution is -0.0977. The Morgan fingerprint density at radius 2 is 2.26 bits per heavy atom. The van der Waals surface area contributed by atoms with Gasteiger partial charge in [-0.3, -0.25) is 0 Å². The van der Waals surface area contributed by atoms with Crippen LogP contribution >= 0.6 is 11.3 Å². The summed E-state index contributed by atoms with van der Waals surface area (Å²) < 4.78 is 6.16. The molecule has 2 fully saturated rings. The second-order valence-electron chi connectivity index (χ2n) is 6.06. The standard InChI is InChI=1S/C15H24N2OS/c1-11-14(19-10-17-11)13(16-2)12-5-8-18-15(9-12)6-3-4-7-15/h10,12-13,16H,3-9H2,1-2H3. The van der Waals surface area contributed by atoms with Crippen molar-refractivity contribution in [2.75, 3.05) is 13.7 Å². The summed E-state index contributed by atoms with van der Waals surface area (Å²) in [5, 5.41) is 3.54. The summed E-state index contributed by atoms with van der Waals surface area (Å²) >= 11 is 1.79. The van der Waals surface area contributed by atoms with Gasteiger partial charge in [0, 0.05) is 17.5 Å². The molecule has 3 nitrogen and oxygen atoms in total. The highest BCUT2D eigenvalue weighted by Gasteiger charge is 2.42. The Balaban J connectivity index is 1.78. The summed E-state index contributed by atoms with van der Waals surface area (Å²) in [6.45, 7) is 3.06. The normalized spacial score (nSPS) is 27.8. The summed E-state index contributed by atoms with van der Waals surface area (Å²) in [6.07, 6.45) is 7.61. The molecule has 3 rings (SSSR count). The number of ether oxygens (including phenoxy) is 1. The predicted molar refractivity (Wildman–Crippen MR) is 78.5 cm³/mol. The van der Waals surface area contributed by atoms with Crippen molar-refractivity contribution in [2.45, 2.75) is 57.1 Å². The summed E-state index contributed by atoms with van der Waals surface area (Å²) in [5.74, 6) is 0.691. The van der Waals surface area contributed by atoms with E-state index in [2.05, 4.69) is 24.3 Å². The van der Waals surface area contributed by atoms with Gasteiger partial charge in [0.25, 0.3) is 0 Å². The van der Waals surface area contributed by atoms with Crippen LogP contribution in [0.3, 0.4) is 0 Å². The van der Waals surface area contributed by atoms with Crippen LogP contribution in [0.2, 0.25) is 0 Å². The van der Waals surface area contributed by atoms with E-state index in [0.29, 0.717) is 12.0 Å². The molecule has 1 saturated carbocycles. The molecule has 1 aromatic rings. The summed E-state index contributed by atoms with van der Waals surface area (Å²) in [5.41, 5.74) is 3.37. The minimum Gasteiger partial charge on any atom is -0.375 e. The smallest absolute Gasteiger partial charge is 0.0798 e. The zero-order valence-corrected chi connectivity index (χ0v) is 12.8. The van der Waals surface area contributed by atoms with Crippen LogP contribution in [-0.4, -0.2) is 24.2 Å². The maximum atomic E-state index is 6.16. The van der Waals surface area contributed by atoms with E-state index in [9.17, 15) is 0 Å². The van der Waals surface area contributed by atoms with Crippen LogP contribution in [0.4, 0.5) is 0 Å². The van der Waals surface area contributed by atoms with Crippen LogP contribution in [0.5, 0.6) is 0 Å². The quantitative estimate of drug-likeness (QED) is 0.921. The third-order valence-electron chi connectivity index (χ3n) is 4.89. The average molecular weight is 280 g/mol. The number of hydrogen-bond donors (Lipinski definition) is 1. The van der Waals surface area contributed by atoms with Crippen LogP contribution < -0.4 is 5.32 Å². The first-order chi connectivity index (χ1) is 9.24. The van der Waals surface area contributed by atoms with Gasteiger partial charge in [-0.15, -0.1) is 11.3 Å². The Morgan fingerprint density at radius 3 is 2.89 bits per heavy atom. The first kappa shape index (κ1) is 13.5. The highest BCUT2D eigenvalue weighted by atomic mass is 32.1. The lowest BCUT2D eigenvalue weighted by Gasteiger charge is -2.41. The van der Waals surface area contributed by atoms with Crippen molar-refractivity contribution in [3.63, 3.8) is 0 Å². The van der Waals surface area contributed by atoms with Gasteiger partial charge in [0.15, 0.2) is 0 Å². The van der Waals surface area contributed by atoms with E-state index in [0.717, 1.165) is 6.61 Å². The van der Waals surface area contributed by atoms with E-state index in [-0.39, 0.29) is 5.60 Å². The Morgan fingerprint density at radius 1 is 1.47 bits per heavy atom. The van der Waals surface area contributed by atoms with E-state index in [1.165, 1.54) is 49.1 Å². The van der Waals surface area contributed by atoms with Gasteiger partial charge in [-0.2, -0.15) is 0 Å². The van der Waals surface area contributed by atoms with E-state index in [4.69, 9.17) is 4.74 Å². The van der Waals surface area contributed by atoms with Crippen molar-refractivity contribution in [1.82, 2.24) is 10.3 Å². The molecule has 0 radical (unpaired) electrons. The van der Waals surface area contributed by atoms with Crippen molar-refractivity contribution < 1.29 is 4.74 Å². The van der Waals surface area contributed by atoms with Crippen LogP contribution in [0.25, 0.3) is 0 Å². The second kappa shape index (κ2) is 5.51. The lowest BCUT2D eigenvalue weighted by Crippen LogP contribution is -2.41. The van der Waals surface area contributed by atoms with Gasteiger partial charge in [0.05, 0.1) is 16.8 Å². The highest BCUT2D eigenvalue weighted by molar-refractivity contribution is 7.09. The molecule has 0 aromatic carbocycles. The lowest BCUT2D eigenvalue weighted by atomic mass is 9.80. The number of nitrogens with zero attached hydrogens (tertiary/aromatic N) is 1. The molecule has 2 unspecified atom stereocenters. The van der Waals surface area contributed by atoms with Crippen LogP contribution in [0, 0.1) is 12.8 Å². The number of aromatic nitrogens is 1. The number of aryl methyl sites for hydroxylation is 1. The predicted octanol–water partition coefficient (Wildman–Crippen LogP) is 3.45. The van der Waals surface area contributed by atoms with Crippen molar-refractivity contribution in [1.29, 1.82) is 0 Å². The Bertz CT molecular complexity index is 426. The third-order valence-corrected chi connectivity index (χ3v) is 5.91. The fourth-order valence-corrected chi connectivity index (χ4v) is 4.91. The van der Waals surface area contributed by atoms with Gasteiger partial charge < -0.3 is 10.1 Å². The largest absolute Gasteiger partial charge is 0.375 e. The number of thiazole rings is 1. The van der Waals surface area contributed by atoms with Gasteiger partial charge >= 0.3 is 0 Å². The summed E-state index contributed by atoms with van der Waals surface area (Å²) in [4.78, 5) is 5.84. The van der Waals surface area contributed by atoms with Crippen molar-refractivity contribution >= 4 is 11.3 Å². The molecule has 4 heteroatoms. The molecule has 2 aliphatic rings. The molecule has 106 valence electrons. The minimum atomic E-state index is 0.205. The number of hydrogen-bond acceptors (Lipinski definition) is 4. The average Bonchev–Trinajstić information content (AvgIpc) is 3.02. The second-order valence-corrected chi connectivity index (χ2v) is 6.95. The monoisotopic (exact) mass is 280 g/mol. The Hall–Kier alpha value is -0.450. The van der Waals surface area contributed by atoms with Gasteiger partial charge in [0.1, 0.15) is 0 Å². The topological polar surface area (TPSA) is 34.2 Å². The molecule has 1 saturated heterocycles. The number of nitrogens with one attached hydrogen (secondary N) is 1. The molecular weight excluding hydrogens is 256 g/mol.